The van der Waals surface area contributed by atoms with Gasteiger partial charge < -0.3 is 14.7 Å². The van der Waals surface area contributed by atoms with E-state index in [4.69, 9.17) is 4.74 Å². The summed E-state index contributed by atoms with van der Waals surface area (Å²) in [6, 6.07) is 16.8. The first kappa shape index (κ1) is 23.6. The molecule has 1 N–H and O–H groups in total. The first-order chi connectivity index (χ1) is 14.6. The zero-order valence-electron chi connectivity index (χ0n) is 20.1. The van der Waals surface area contributed by atoms with Crippen molar-refractivity contribution in [1.29, 1.82) is 0 Å². The van der Waals surface area contributed by atoms with Crippen molar-refractivity contribution in [3.8, 4) is 5.75 Å². The Balaban J connectivity index is 2.10. The summed E-state index contributed by atoms with van der Waals surface area (Å²) >= 11 is 0. The summed E-state index contributed by atoms with van der Waals surface area (Å²) < 4.78 is 5.31. The average Bonchev–Trinajstić information content (AvgIpc) is 2.88. The van der Waals surface area contributed by atoms with Crippen LogP contribution >= 0.6 is 0 Å². The fourth-order valence-corrected chi connectivity index (χ4v) is 4.76. The quantitative estimate of drug-likeness (QED) is 0.600. The molecule has 0 heterocycles. The summed E-state index contributed by atoms with van der Waals surface area (Å²) in [7, 11) is 5.88. The van der Waals surface area contributed by atoms with Crippen LogP contribution in [0.3, 0.4) is 0 Å². The number of hydrogen-bond acceptors (Lipinski definition) is 3. The van der Waals surface area contributed by atoms with Gasteiger partial charge >= 0.3 is 0 Å². The SMILES string of the molecule is COc1ccc(/C=C2\CCCCC(CN(C)C)C2(O)c2ccc(C(C)(C)C)cc2)cc1. The Bertz CT molecular complexity index is 875. The molecule has 1 saturated carbocycles. The van der Waals surface area contributed by atoms with Gasteiger partial charge in [-0.25, -0.2) is 0 Å². The van der Waals surface area contributed by atoms with E-state index in [9.17, 15) is 5.11 Å². The van der Waals surface area contributed by atoms with Gasteiger partial charge in [0.15, 0.2) is 0 Å². The predicted octanol–water partition coefficient (Wildman–Crippen LogP) is 6.02. The molecule has 0 spiro atoms. The van der Waals surface area contributed by atoms with Crippen molar-refractivity contribution in [3.63, 3.8) is 0 Å². The largest absolute Gasteiger partial charge is 0.497 e. The fraction of sp³-hybridized carbons (Fsp3) is 0.500. The predicted molar refractivity (Wildman–Crippen MR) is 131 cm³/mol. The van der Waals surface area contributed by atoms with Gasteiger partial charge in [0, 0.05) is 12.5 Å². The molecule has 31 heavy (non-hydrogen) atoms. The third kappa shape index (κ3) is 5.39. The molecule has 3 rings (SSSR count). The van der Waals surface area contributed by atoms with Crippen molar-refractivity contribution < 1.29 is 9.84 Å². The fourth-order valence-electron chi connectivity index (χ4n) is 4.76. The smallest absolute Gasteiger partial charge is 0.118 e. The van der Waals surface area contributed by atoms with E-state index in [2.05, 4.69) is 82.2 Å². The molecule has 1 aliphatic carbocycles. The monoisotopic (exact) mass is 421 g/mol. The molecule has 1 aliphatic rings. The Kier molecular flexibility index (Phi) is 7.28. The number of hydrogen-bond donors (Lipinski definition) is 1. The van der Waals surface area contributed by atoms with Crippen LogP contribution in [0.1, 0.15) is 63.1 Å². The lowest BCUT2D eigenvalue weighted by molar-refractivity contribution is 0.000461. The molecule has 2 unspecified atom stereocenters. The maximum atomic E-state index is 12.4. The highest BCUT2D eigenvalue weighted by molar-refractivity contribution is 5.58. The van der Waals surface area contributed by atoms with Crippen LogP contribution in [-0.2, 0) is 11.0 Å². The molecule has 1 fully saturated rings. The van der Waals surface area contributed by atoms with Gasteiger partial charge in [-0.1, -0.05) is 69.7 Å². The Labute approximate surface area is 188 Å². The number of benzene rings is 2. The minimum absolute atomic E-state index is 0.0927. The van der Waals surface area contributed by atoms with E-state index in [1.807, 2.05) is 12.1 Å². The molecule has 0 saturated heterocycles. The number of ether oxygens (including phenoxy) is 1. The maximum absolute atomic E-state index is 12.4. The lowest BCUT2D eigenvalue weighted by Gasteiger charge is -2.39. The molecular weight excluding hydrogens is 382 g/mol. The van der Waals surface area contributed by atoms with Gasteiger partial charge in [-0.15, -0.1) is 0 Å². The normalized spacial score (nSPS) is 23.7. The third-order valence-corrected chi connectivity index (χ3v) is 6.56. The molecule has 2 aromatic rings. The van der Waals surface area contributed by atoms with Crippen molar-refractivity contribution in [2.24, 2.45) is 5.92 Å². The van der Waals surface area contributed by atoms with E-state index in [0.29, 0.717) is 0 Å². The topological polar surface area (TPSA) is 32.7 Å². The van der Waals surface area contributed by atoms with Crippen LogP contribution in [0.2, 0.25) is 0 Å². The van der Waals surface area contributed by atoms with Crippen LogP contribution < -0.4 is 4.74 Å². The summed E-state index contributed by atoms with van der Waals surface area (Å²) in [5, 5.41) is 12.4. The Morgan fingerprint density at radius 1 is 1.03 bits per heavy atom. The van der Waals surface area contributed by atoms with Crippen LogP contribution in [0.15, 0.2) is 54.1 Å². The van der Waals surface area contributed by atoms with Gasteiger partial charge in [0.25, 0.3) is 0 Å². The number of rotatable bonds is 5. The lowest BCUT2D eigenvalue weighted by Crippen LogP contribution is -2.41. The molecule has 0 amide bonds. The second-order valence-corrected chi connectivity index (χ2v) is 10.2. The van der Waals surface area contributed by atoms with E-state index in [1.54, 1.807) is 7.11 Å². The highest BCUT2D eigenvalue weighted by Gasteiger charge is 2.43. The van der Waals surface area contributed by atoms with Crippen molar-refractivity contribution in [2.45, 2.75) is 57.5 Å². The van der Waals surface area contributed by atoms with E-state index < -0.39 is 5.60 Å². The van der Waals surface area contributed by atoms with Gasteiger partial charge in [-0.3, -0.25) is 0 Å². The molecule has 2 aromatic carbocycles. The summed E-state index contributed by atoms with van der Waals surface area (Å²) in [5.41, 5.74) is 3.64. The minimum atomic E-state index is -0.975. The second-order valence-electron chi connectivity index (χ2n) is 10.2. The van der Waals surface area contributed by atoms with Gasteiger partial charge in [-0.05, 0) is 73.2 Å². The minimum Gasteiger partial charge on any atom is -0.497 e. The highest BCUT2D eigenvalue weighted by atomic mass is 16.5. The van der Waals surface area contributed by atoms with Crippen molar-refractivity contribution in [2.75, 3.05) is 27.7 Å². The lowest BCUT2D eigenvalue weighted by atomic mass is 9.73. The van der Waals surface area contributed by atoms with Crippen LogP contribution in [0.5, 0.6) is 5.75 Å². The van der Waals surface area contributed by atoms with E-state index in [1.165, 1.54) is 5.56 Å². The van der Waals surface area contributed by atoms with Gasteiger partial charge in [0.1, 0.15) is 11.4 Å². The Hall–Kier alpha value is -2.10. The van der Waals surface area contributed by atoms with Crippen LogP contribution in [0.25, 0.3) is 6.08 Å². The van der Waals surface area contributed by atoms with E-state index in [-0.39, 0.29) is 11.3 Å². The Morgan fingerprint density at radius 3 is 2.23 bits per heavy atom. The molecule has 3 heteroatoms. The van der Waals surface area contributed by atoms with Gasteiger partial charge in [0.2, 0.25) is 0 Å². The molecule has 2 atom stereocenters. The highest BCUT2D eigenvalue weighted by Crippen LogP contribution is 2.45. The number of aliphatic hydroxyl groups is 1. The molecule has 168 valence electrons. The summed E-state index contributed by atoms with van der Waals surface area (Å²) in [6.07, 6.45) is 6.38. The molecule has 0 aliphatic heterocycles. The van der Waals surface area contributed by atoms with Crippen molar-refractivity contribution >= 4 is 6.08 Å². The summed E-state index contributed by atoms with van der Waals surface area (Å²) in [6.45, 7) is 7.54. The van der Waals surface area contributed by atoms with Gasteiger partial charge in [0.05, 0.1) is 7.11 Å². The molecule has 0 radical (unpaired) electrons. The van der Waals surface area contributed by atoms with Gasteiger partial charge in [-0.2, -0.15) is 0 Å². The first-order valence-corrected chi connectivity index (χ1v) is 11.5. The van der Waals surface area contributed by atoms with Crippen LogP contribution in [0, 0.1) is 5.92 Å². The second kappa shape index (κ2) is 9.58. The van der Waals surface area contributed by atoms with E-state index >= 15 is 0 Å². The number of methoxy groups -OCH3 is 1. The number of nitrogens with zero attached hydrogens (tertiary/aromatic N) is 1. The average molecular weight is 422 g/mol. The summed E-state index contributed by atoms with van der Waals surface area (Å²) in [5.74, 6) is 0.997. The zero-order valence-corrected chi connectivity index (χ0v) is 20.1. The van der Waals surface area contributed by atoms with Crippen LogP contribution in [0.4, 0.5) is 0 Å². The van der Waals surface area contributed by atoms with Crippen molar-refractivity contribution in [1.82, 2.24) is 4.90 Å². The zero-order chi connectivity index (χ0) is 22.6. The maximum Gasteiger partial charge on any atom is 0.118 e. The Morgan fingerprint density at radius 2 is 1.68 bits per heavy atom. The van der Waals surface area contributed by atoms with Crippen LogP contribution in [-0.4, -0.2) is 37.8 Å². The summed E-state index contributed by atoms with van der Waals surface area (Å²) in [4.78, 5) is 2.20. The molecule has 0 aromatic heterocycles. The molecular formula is C28H39NO2. The van der Waals surface area contributed by atoms with E-state index in [0.717, 1.165) is 54.7 Å². The standard InChI is InChI=1S/C28H39NO2/c1-27(2,3)22-13-15-23(16-14-22)28(30)24(9-7-8-10-25(28)20-29(4)5)19-21-11-17-26(31-6)18-12-21/h11-19,25,30H,7-10,20H2,1-6H3/b24-19+. The molecule has 0 bridgehead atoms. The van der Waals surface area contributed by atoms with Crippen molar-refractivity contribution in [3.05, 3.63) is 70.8 Å². The third-order valence-electron chi connectivity index (χ3n) is 6.56. The first-order valence-electron chi connectivity index (χ1n) is 11.5. The molecule has 3 nitrogen and oxygen atoms in total.